The smallest absolute Gasteiger partial charge is 0.311 e. The van der Waals surface area contributed by atoms with Gasteiger partial charge in [0.1, 0.15) is 0 Å². The number of rotatable bonds is 6. The Hall–Kier alpha value is -1.68. The predicted molar refractivity (Wildman–Crippen MR) is 103 cm³/mol. The van der Waals surface area contributed by atoms with Gasteiger partial charge >= 0.3 is 5.97 Å². The van der Waals surface area contributed by atoms with Crippen LogP contribution in [0.2, 0.25) is 0 Å². The number of hydrogen-bond donors (Lipinski definition) is 4. The van der Waals surface area contributed by atoms with Crippen LogP contribution >= 0.6 is 0 Å². The van der Waals surface area contributed by atoms with E-state index in [9.17, 15) is 23.4 Å². The Morgan fingerprint density at radius 3 is 2.19 bits per heavy atom. The molecule has 0 bridgehead atoms. The van der Waals surface area contributed by atoms with Crippen molar-refractivity contribution in [3.63, 3.8) is 0 Å². The number of esters is 1. The van der Waals surface area contributed by atoms with Gasteiger partial charge in [0.25, 0.3) is 10.1 Å². The first-order chi connectivity index (χ1) is 12.1. The molecule has 0 aliphatic rings. The first-order valence-electron chi connectivity index (χ1n) is 8.47. The van der Waals surface area contributed by atoms with Crippen LogP contribution in [0, 0.1) is 5.92 Å². The largest absolute Gasteiger partial charge is 0.504 e. The second kappa shape index (κ2) is 10.6. The minimum Gasteiger partial charge on any atom is -0.504 e. The lowest BCUT2D eigenvalue weighted by atomic mass is 10.1. The van der Waals surface area contributed by atoms with Gasteiger partial charge in [0.15, 0.2) is 11.5 Å². The number of aliphatic hydroxyl groups is 1. The molecule has 0 saturated heterocycles. The first kappa shape index (κ1) is 25.3. The molecular formula is C18H31NO7S. The summed E-state index contributed by atoms with van der Waals surface area (Å²) in [6.07, 6.45) is 0.261. The number of phenols is 1. The maximum atomic E-state index is 11.6. The van der Waals surface area contributed by atoms with E-state index >= 15 is 0 Å². The van der Waals surface area contributed by atoms with Gasteiger partial charge in [-0.3, -0.25) is 9.35 Å². The van der Waals surface area contributed by atoms with E-state index in [1.807, 2.05) is 34.6 Å². The van der Waals surface area contributed by atoms with Crippen LogP contribution in [0.1, 0.15) is 52.7 Å². The lowest BCUT2D eigenvalue weighted by molar-refractivity contribution is -0.135. The van der Waals surface area contributed by atoms with Crippen molar-refractivity contribution in [2.24, 2.45) is 5.92 Å². The van der Waals surface area contributed by atoms with Crippen molar-refractivity contribution in [2.45, 2.75) is 52.7 Å². The van der Waals surface area contributed by atoms with Crippen LogP contribution in [-0.2, 0) is 14.9 Å². The second-order valence-corrected chi connectivity index (χ2v) is 9.14. The topological polar surface area (TPSA) is 133 Å². The summed E-state index contributed by atoms with van der Waals surface area (Å²) in [5.41, 5.74) is 0.466. The molecule has 0 aromatic heterocycles. The molecule has 0 saturated carbocycles. The summed E-state index contributed by atoms with van der Waals surface area (Å²) in [6, 6.07) is 4.57. The van der Waals surface area contributed by atoms with Crippen LogP contribution in [-0.4, -0.2) is 47.5 Å². The van der Waals surface area contributed by atoms with E-state index in [1.165, 1.54) is 12.1 Å². The summed E-state index contributed by atoms with van der Waals surface area (Å²) < 4.78 is 31.0. The number of aromatic hydroxyl groups is 1. The average molecular weight is 406 g/mol. The molecule has 1 rings (SSSR count). The standard InChI is InChI=1S/C17H27NO4.CH4O3S/c1-11(2)8-16(21)22-15-7-6-12(9-13(15)19)14(20)10-18-17(3,4)5;1-5(2,3)4/h6-7,9,11,14,18-20H,8,10H2,1-5H3;1H3,(H,2,3,4)/t14-;/m0./s1. The molecule has 0 spiro atoms. The molecule has 156 valence electrons. The molecule has 0 radical (unpaired) electrons. The van der Waals surface area contributed by atoms with E-state index in [1.54, 1.807) is 6.07 Å². The summed E-state index contributed by atoms with van der Waals surface area (Å²) >= 11 is 0. The SMILES string of the molecule is CC(C)CC(=O)Oc1ccc([C@@H](O)CNC(C)(C)C)cc1O.CS(=O)(=O)O. The van der Waals surface area contributed by atoms with E-state index in [2.05, 4.69) is 5.32 Å². The minimum atomic E-state index is -3.67. The first-order valence-corrected chi connectivity index (χ1v) is 10.3. The van der Waals surface area contributed by atoms with E-state index < -0.39 is 16.2 Å². The second-order valence-electron chi connectivity index (χ2n) is 7.68. The zero-order chi connectivity index (χ0) is 21.4. The Morgan fingerprint density at radius 1 is 1.26 bits per heavy atom. The van der Waals surface area contributed by atoms with Gasteiger partial charge in [-0.15, -0.1) is 0 Å². The molecule has 0 aliphatic carbocycles. The van der Waals surface area contributed by atoms with Crippen molar-refractivity contribution in [1.29, 1.82) is 0 Å². The number of ether oxygens (including phenoxy) is 1. The van der Waals surface area contributed by atoms with Crippen molar-refractivity contribution < 1.29 is 32.7 Å². The van der Waals surface area contributed by atoms with E-state index in [-0.39, 0.29) is 28.9 Å². The number of nitrogens with one attached hydrogen (secondary N) is 1. The molecule has 8 nitrogen and oxygen atoms in total. The van der Waals surface area contributed by atoms with Gasteiger partial charge in [-0.25, -0.2) is 0 Å². The number of carbonyl (C=O) groups is 1. The highest BCUT2D eigenvalue weighted by molar-refractivity contribution is 7.85. The van der Waals surface area contributed by atoms with Gasteiger partial charge in [-0.05, 0) is 44.4 Å². The van der Waals surface area contributed by atoms with Crippen LogP contribution in [0.5, 0.6) is 11.5 Å². The third-order valence-electron chi connectivity index (χ3n) is 2.99. The Bertz CT molecular complexity index is 701. The predicted octanol–water partition coefficient (Wildman–Crippen LogP) is 2.27. The number of carbonyl (C=O) groups excluding carboxylic acids is 1. The molecular weight excluding hydrogens is 374 g/mol. The fourth-order valence-electron chi connectivity index (χ4n) is 1.85. The Morgan fingerprint density at radius 2 is 1.78 bits per heavy atom. The summed E-state index contributed by atoms with van der Waals surface area (Å²) in [5.74, 6) is -0.220. The highest BCUT2D eigenvalue weighted by Gasteiger charge is 2.16. The number of aliphatic hydroxyl groups excluding tert-OH is 1. The maximum Gasteiger partial charge on any atom is 0.311 e. The van der Waals surface area contributed by atoms with Crippen LogP contribution in [0.25, 0.3) is 0 Å². The van der Waals surface area contributed by atoms with Gasteiger partial charge in [-0.1, -0.05) is 19.9 Å². The molecule has 0 amide bonds. The fraction of sp³-hybridized carbons (Fsp3) is 0.611. The van der Waals surface area contributed by atoms with Crippen molar-refractivity contribution in [2.75, 3.05) is 12.8 Å². The lowest BCUT2D eigenvalue weighted by Crippen LogP contribution is -2.38. The highest BCUT2D eigenvalue weighted by atomic mass is 32.2. The number of β-amino-alcohol motifs (C(OH)–C–C–N with tert-alkyl or cyclic N) is 1. The molecule has 1 aromatic carbocycles. The molecule has 0 unspecified atom stereocenters. The average Bonchev–Trinajstić information content (AvgIpc) is 2.43. The highest BCUT2D eigenvalue weighted by Crippen LogP contribution is 2.29. The van der Waals surface area contributed by atoms with Gasteiger partial charge < -0.3 is 20.3 Å². The molecule has 0 fully saturated rings. The Kier molecular flexibility index (Phi) is 9.94. The third kappa shape index (κ3) is 14.1. The number of hydrogen-bond acceptors (Lipinski definition) is 7. The third-order valence-corrected chi connectivity index (χ3v) is 2.99. The van der Waals surface area contributed by atoms with Gasteiger partial charge in [-0.2, -0.15) is 8.42 Å². The van der Waals surface area contributed by atoms with Gasteiger partial charge in [0.05, 0.1) is 12.4 Å². The molecule has 9 heteroatoms. The Balaban J connectivity index is 0.00000119. The zero-order valence-electron chi connectivity index (χ0n) is 16.7. The molecule has 1 aromatic rings. The number of phenolic OH excluding ortho intramolecular Hbond substituents is 1. The van der Waals surface area contributed by atoms with E-state index in [0.717, 1.165) is 0 Å². The van der Waals surface area contributed by atoms with Gasteiger partial charge in [0, 0.05) is 18.5 Å². The minimum absolute atomic E-state index is 0.102. The molecule has 4 N–H and O–H groups in total. The van der Waals surface area contributed by atoms with Crippen molar-refractivity contribution in [1.82, 2.24) is 5.32 Å². The van der Waals surface area contributed by atoms with Crippen molar-refractivity contribution >= 4 is 16.1 Å². The summed E-state index contributed by atoms with van der Waals surface area (Å²) in [5, 5.41) is 23.3. The van der Waals surface area contributed by atoms with Crippen LogP contribution in [0.15, 0.2) is 18.2 Å². The normalized spacial score (nSPS) is 12.9. The molecule has 0 aliphatic heterocycles. The zero-order valence-corrected chi connectivity index (χ0v) is 17.5. The monoisotopic (exact) mass is 405 g/mol. The van der Waals surface area contributed by atoms with Crippen LogP contribution in [0.4, 0.5) is 0 Å². The lowest BCUT2D eigenvalue weighted by Gasteiger charge is -2.23. The molecule has 0 heterocycles. The van der Waals surface area contributed by atoms with E-state index in [4.69, 9.17) is 9.29 Å². The Labute approximate surface area is 161 Å². The summed E-state index contributed by atoms with van der Waals surface area (Å²) in [4.78, 5) is 11.6. The maximum absolute atomic E-state index is 11.6. The summed E-state index contributed by atoms with van der Waals surface area (Å²) in [7, 11) is -3.67. The quantitative estimate of drug-likeness (QED) is 0.322. The number of benzene rings is 1. The molecule has 27 heavy (non-hydrogen) atoms. The van der Waals surface area contributed by atoms with Crippen LogP contribution in [0.3, 0.4) is 0 Å². The fourth-order valence-corrected chi connectivity index (χ4v) is 1.85. The van der Waals surface area contributed by atoms with Crippen molar-refractivity contribution in [3.8, 4) is 11.5 Å². The van der Waals surface area contributed by atoms with E-state index in [0.29, 0.717) is 24.8 Å². The van der Waals surface area contributed by atoms with Crippen molar-refractivity contribution in [3.05, 3.63) is 23.8 Å². The summed E-state index contributed by atoms with van der Waals surface area (Å²) in [6.45, 7) is 10.2. The van der Waals surface area contributed by atoms with Gasteiger partial charge in [0.2, 0.25) is 0 Å². The molecule has 1 atom stereocenters. The van der Waals surface area contributed by atoms with Crippen LogP contribution < -0.4 is 10.1 Å².